The van der Waals surface area contributed by atoms with Crippen molar-refractivity contribution >= 4 is 208 Å². The molecule has 0 atom stereocenters. The molecule has 20 aromatic carbocycles. The van der Waals surface area contributed by atoms with Crippen LogP contribution in [0.25, 0.3) is 231 Å². The minimum absolute atomic E-state index is 1.01. The summed E-state index contributed by atoms with van der Waals surface area (Å²) in [5, 5.41) is 34.8. The molecular weight excluding hydrogens is 1370 g/mol. The highest BCUT2D eigenvalue weighted by Crippen LogP contribution is 2.58. The number of hydrogen-bond acceptors (Lipinski definition) is 2. The molecule has 0 radical (unpaired) electrons. The largest absolute Gasteiger partial charge is 0.307 e. The Kier molecular flexibility index (Phi) is 12.1. The molecular formula is C101H56BrNS2. The van der Waals surface area contributed by atoms with Gasteiger partial charge in [0.25, 0.3) is 0 Å². The minimum Gasteiger partial charge on any atom is -0.307 e. The Hall–Kier alpha value is -12.3. The monoisotopic (exact) mass is 1430 g/mol. The van der Waals surface area contributed by atoms with Crippen LogP contribution in [0.15, 0.2) is 332 Å². The fourth-order valence-corrected chi connectivity index (χ4v) is 22.3. The van der Waals surface area contributed by atoms with Gasteiger partial charge in [0.15, 0.2) is 0 Å². The van der Waals surface area contributed by atoms with Gasteiger partial charge in [-0.1, -0.05) is 295 Å². The molecule has 23 aromatic rings. The van der Waals surface area contributed by atoms with E-state index >= 15 is 0 Å². The average molecular weight is 1430 g/mol. The van der Waals surface area contributed by atoms with Gasteiger partial charge >= 0.3 is 0 Å². The molecule has 3 heterocycles. The highest BCUT2D eigenvalue weighted by atomic mass is 79.9. The third-order valence-corrected chi connectivity index (χ3v) is 26.5. The van der Waals surface area contributed by atoms with Crippen LogP contribution in [0.4, 0.5) is 0 Å². The number of nitrogens with zero attached hydrogens (tertiary/aromatic N) is 1. The Morgan fingerprint density at radius 1 is 0.219 bits per heavy atom. The number of rotatable bonds is 1. The predicted octanol–water partition coefficient (Wildman–Crippen LogP) is 30.1. The first-order valence-corrected chi connectivity index (χ1v) is 38.7. The molecule has 3 aliphatic carbocycles. The lowest BCUT2D eigenvalue weighted by Crippen LogP contribution is -1.96. The van der Waals surface area contributed by atoms with E-state index in [1.807, 2.05) is 22.7 Å². The zero-order valence-electron chi connectivity index (χ0n) is 56.5. The van der Waals surface area contributed by atoms with Crippen LogP contribution >= 0.6 is 38.6 Å². The van der Waals surface area contributed by atoms with Crippen LogP contribution in [0.1, 0.15) is 11.1 Å². The maximum absolute atomic E-state index is 3.58. The standard InChI is InChI=1S/C50H27NS.C33H18S.C18H11Br/c1-2-14-31-29(12-1)30-13-3-5-16-33(30)41-26-28(24-25-35(31)41)51-48-40-22-11-21-36-32-15-4-6-17-34(32)42(45(36)40)27-43(48)46-37-18-7-8-19-38(37)47-39-20-9-10-23-44(39)52-50(47)49(46)51;1-2-9-19-18(8-1)20-13-7-14-23-25-16-28-31(27(25)17-26(19)30(20)23)21-10-3-4-11-22(21)32-24-12-5-6-15-29(24)34-33(28)32;19-12-9-10-17-15-7-2-1-5-13(15)14-6-3-4-8-16(14)18(17)11-12/h1-27H;1-15,17H,16H2;1-11H. The van der Waals surface area contributed by atoms with Crippen molar-refractivity contribution in [2.45, 2.75) is 6.42 Å². The first-order valence-electron chi connectivity index (χ1n) is 36.3. The molecule has 26 rings (SSSR count). The highest BCUT2D eigenvalue weighted by molar-refractivity contribution is 9.10. The third-order valence-electron chi connectivity index (χ3n) is 23.6. The molecule has 0 aliphatic heterocycles. The van der Waals surface area contributed by atoms with Crippen LogP contribution in [0.3, 0.4) is 0 Å². The van der Waals surface area contributed by atoms with Crippen molar-refractivity contribution in [3.05, 3.63) is 343 Å². The van der Waals surface area contributed by atoms with Crippen LogP contribution in [0, 0.1) is 0 Å². The number of aromatic nitrogens is 1. The summed E-state index contributed by atoms with van der Waals surface area (Å²) in [5.41, 5.74) is 20.5. The molecule has 0 amide bonds. The summed E-state index contributed by atoms with van der Waals surface area (Å²) < 4.78 is 9.28. The van der Waals surface area contributed by atoms with Gasteiger partial charge in [-0.25, -0.2) is 0 Å². The number of hydrogen-bond donors (Lipinski definition) is 0. The van der Waals surface area contributed by atoms with Gasteiger partial charge < -0.3 is 4.57 Å². The quantitative estimate of drug-likeness (QED) is 0.144. The summed E-state index contributed by atoms with van der Waals surface area (Å²) >= 11 is 7.48. The van der Waals surface area contributed by atoms with Crippen molar-refractivity contribution in [1.82, 2.24) is 4.57 Å². The molecule has 3 aromatic heterocycles. The zero-order chi connectivity index (χ0) is 68.4. The smallest absolute Gasteiger partial charge is 0.0726 e. The van der Waals surface area contributed by atoms with E-state index in [4.69, 9.17) is 0 Å². The summed E-state index contributed by atoms with van der Waals surface area (Å²) in [7, 11) is 0. The predicted molar refractivity (Wildman–Crippen MR) is 459 cm³/mol. The van der Waals surface area contributed by atoms with Gasteiger partial charge in [-0.05, 0) is 218 Å². The molecule has 0 saturated carbocycles. The van der Waals surface area contributed by atoms with Crippen LogP contribution in [-0.2, 0) is 6.42 Å². The maximum Gasteiger partial charge on any atom is 0.0726 e. The van der Waals surface area contributed by atoms with Gasteiger partial charge in [0, 0.05) is 68.4 Å². The first kappa shape index (κ1) is 58.2. The second-order valence-electron chi connectivity index (χ2n) is 28.7. The van der Waals surface area contributed by atoms with E-state index in [2.05, 4.69) is 348 Å². The van der Waals surface area contributed by atoms with Crippen molar-refractivity contribution in [1.29, 1.82) is 0 Å². The van der Waals surface area contributed by atoms with E-state index in [0.717, 1.165) is 10.9 Å². The summed E-state index contributed by atoms with van der Waals surface area (Å²) in [4.78, 5) is 0. The summed E-state index contributed by atoms with van der Waals surface area (Å²) in [6.07, 6.45) is 1.01. The molecule has 0 fully saturated rings. The van der Waals surface area contributed by atoms with Crippen molar-refractivity contribution in [2.75, 3.05) is 0 Å². The Labute approximate surface area is 619 Å². The zero-order valence-corrected chi connectivity index (χ0v) is 59.7. The molecule has 0 N–H and O–H groups in total. The Morgan fingerprint density at radius 3 is 1.16 bits per heavy atom. The summed E-state index contributed by atoms with van der Waals surface area (Å²) in [5.74, 6) is 0. The van der Waals surface area contributed by atoms with Crippen molar-refractivity contribution in [3.8, 4) is 61.3 Å². The van der Waals surface area contributed by atoms with E-state index in [9.17, 15) is 0 Å². The summed E-state index contributed by atoms with van der Waals surface area (Å²) in [6, 6.07) is 122. The molecule has 4 heteroatoms. The second kappa shape index (κ2) is 21.9. The SMILES string of the molecule is Brc1ccc2c3ccccc3c3ccccc3c2c1.c1ccc2c(c1)-c1cccc3c1c-2cc1c2c4ccccc4c4c5ccccc5sc4c2n(-c2ccc4c5ccccc5c5ccccc5c4c2)c31.c1ccc2c(c1)-c1cccc3c4c(cc-2c13)-c1c(c2sc3ccccc3c2c2ccccc12)C4. The van der Waals surface area contributed by atoms with Crippen molar-refractivity contribution in [2.24, 2.45) is 0 Å². The van der Waals surface area contributed by atoms with Crippen molar-refractivity contribution in [3.63, 3.8) is 0 Å². The van der Waals surface area contributed by atoms with Gasteiger partial charge in [-0.15, -0.1) is 22.7 Å². The van der Waals surface area contributed by atoms with Crippen LogP contribution < -0.4 is 0 Å². The Balaban J connectivity index is 0.000000105. The summed E-state index contributed by atoms with van der Waals surface area (Å²) in [6.45, 7) is 0. The maximum atomic E-state index is 3.58. The van der Waals surface area contributed by atoms with Crippen molar-refractivity contribution < 1.29 is 0 Å². The number of halogens is 1. The molecule has 0 saturated heterocycles. The van der Waals surface area contributed by atoms with E-state index in [-0.39, 0.29) is 0 Å². The molecule has 0 spiro atoms. The first-order chi connectivity index (χ1) is 52.1. The minimum atomic E-state index is 1.01. The molecule has 484 valence electrons. The topological polar surface area (TPSA) is 4.93 Å². The van der Waals surface area contributed by atoms with Gasteiger partial charge in [0.05, 0.1) is 15.7 Å². The molecule has 0 unspecified atom stereocenters. The molecule has 105 heavy (non-hydrogen) atoms. The van der Waals surface area contributed by atoms with Gasteiger partial charge in [0.1, 0.15) is 0 Å². The van der Waals surface area contributed by atoms with E-state index in [1.54, 1.807) is 0 Å². The number of fused-ring (bicyclic) bond motifs is 40. The van der Waals surface area contributed by atoms with E-state index < -0.39 is 0 Å². The molecule has 1 nitrogen and oxygen atoms in total. The fraction of sp³-hybridized carbons (Fsp3) is 0.00990. The molecule has 3 aliphatic rings. The third kappa shape index (κ3) is 8.00. The number of benzene rings is 20. The highest BCUT2D eigenvalue weighted by Gasteiger charge is 2.33. The van der Waals surface area contributed by atoms with Gasteiger partial charge in [0.2, 0.25) is 0 Å². The average Bonchev–Trinajstić information content (AvgIpc) is 1.53. The molecule has 0 bridgehead atoms. The normalized spacial score (nSPS) is 12.6. The van der Waals surface area contributed by atoms with E-state index in [0.29, 0.717) is 0 Å². The fourth-order valence-electron chi connectivity index (χ4n) is 19.4. The Morgan fingerprint density at radius 2 is 0.600 bits per heavy atom. The lowest BCUT2D eigenvalue weighted by Gasteiger charge is -2.15. The lowest BCUT2D eigenvalue weighted by atomic mass is 9.91. The second-order valence-corrected chi connectivity index (χ2v) is 31.7. The van der Waals surface area contributed by atoms with Crippen LogP contribution in [-0.4, -0.2) is 4.57 Å². The van der Waals surface area contributed by atoms with Gasteiger partial charge in [-0.3, -0.25) is 0 Å². The van der Waals surface area contributed by atoms with Gasteiger partial charge in [-0.2, -0.15) is 0 Å². The van der Waals surface area contributed by atoms with Crippen LogP contribution in [0.5, 0.6) is 0 Å². The number of thiophene rings is 2. The Bertz CT molecular complexity index is 7830. The van der Waals surface area contributed by atoms with E-state index in [1.165, 1.54) is 242 Å². The van der Waals surface area contributed by atoms with Crippen LogP contribution in [0.2, 0.25) is 0 Å². The lowest BCUT2D eigenvalue weighted by molar-refractivity contribution is 1.20.